The monoisotopic (exact) mass is 324 g/mol. The van der Waals surface area contributed by atoms with Gasteiger partial charge in [0.1, 0.15) is 0 Å². The molecule has 1 atom stereocenters. The van der Waals surface area contributed by atoms with Crippen molar-refractivity contribution in [3.05, 3.63) is 47.5 Å². The van der Waals surface area contributed by atoms with Crippen LogP contribution < -0.4 is 10.6 Å². The first-order valence-electron chi connectivity index (χ1n) is 6.95. The molecule has 1 amide bonds. The number of benzene rings is 1. The van der Waals surface area contributed by atoms with E-state index in [4.69, 9.17) is 0 Å². The molecule has 2 N–H and O–H groups in total. The highest BCUT2D eigenvalue weighted by Crippen LogP contribution is 2.20. The molecular formula is C15H15F3N4O. The van der Waals surface area contributed by atoms with E-state index in [1.807, 2.05) is 13.8 Å². The highest BCUT2D eigenvalue weighted by Gasteiger charge is 2.16. The zero-order valence-corrected chi connectivity index (χ0v) is 12.5. The van der Waals surface area contributed by atoms with E-state index in [0.717, 1.165) is 18.6 Å². The lowest BCUT2D eigenvalue weighted by atomic mass is 10.2. The van der Waals surface area contributed by atoms with E-state index in [1.54, 1.807) is 0 Å². The average molecular weight is 324 g/mol. The van der Waals surface area contributed by atoms with Gasteiger partial charge in [0.15, 0.2) is 17.5 Å². The second kappa shape index (κ2) is 7.08. The quantitative estimate of drug-likeness (QED) is 0.828. The van der Waals surface area contributed by atoms with Crippen molar-refractivity contribution < 1.29 is 18.0 Å². The van der Waals surface area contributed by atoms with Gasteiger partial charge < -0.3 is 10.6 Å². The summed E-state index contributed by atoms with van der Waals surface area (Å²) in [7, 11) is 0. The number of amides is 1. The molecule has 0 fully saturated rings. The molecule has 0 aliphatic rings. The van der Waals surface area contributed by atoms with Crippen molar-refractivity contribution in [2.75, 3.05) is 10.6 Å². The van der Waals surface area contributed by atoms with Crippen LogP contribution in [0.15, 0.2) is 24.5 Å². The van der Waals surface area contributed by atoms with E-state index in [-0.39, 0.29) is 11.6 Å². The van der Waals surface area contributed by atoms with Crippen molar-refractivity contribution in [3.8, 4) is 0 Å². The molecule has 0 aliphatic carbocycles. The summed E-state index contributed by atoms with van der Waals surface area (Å²) in [6.07, 6.45) is 3.39. The molecule has 0 saturated heterocycles. The Balaban J connectivity index is 2.11. The summed E-state index contributed by atoms with van der Waals surface area (Å²) in [5, 5.41) is 5.17. The van der Waals surface area contributed by atoms with Crippen LogP contribution in [0, 0.1) is 17.5 Å². The van der Waals surface area contributed by atoms with Gasteiger partial charge in [-0.25, -0.2) is 23.1 Å². The summed E-state index contributed by atoms with van der Waals surface area (Å²) in [5.74, 6) is -4.81. The lowest BCUT2D eigenvalue weighted by molar-refractivity contribution is 0.102. The number of rotatable bonds is 5. The number of hydrogen-bond donors (Lipinski definition) is 2. The number of aromatic nitrogens is 2. The normalized spacial score (nSPS) is 11.9. The third-order valence-corrected chi connectivity index (χ3v) is 3.19. The van der Waals surface area contributed by atoms with Gasteiger partial charge in [-0.05, 0) is 25.5 Å². The maximum absolute atomic E-state index is 13.5. The zero-order chi connectivity index (χ0) is 17.0. The number of carbonyl (C=O) groups excluding carboxylic acids is 1. The van der Waals surface area contributed by atoms with Crippen molar-refractivity contribution in [1.82, 2.24) is 9.97 Å². The van der Waals surface area contributed by atoms with E-state index >= 15 is 0 Å². The number of anilines is 2. The first-order valence-corrected chi connectivity index (χ1v) is 6.95. The molecule has 1 heterocycles. The molecule has 0 aliphatic heterocycles. The SMILES string of the molecule is CCC(C)Nc1ncc(C(=O)Nc2ccc(F)c(F)c2F)cn1. The Labute approximate surface area is 131 Å². The van der Waals surface area contributed by atoms with Crippen molar-refractivity contribution >= 4 is 17.5 Å². The summed E-state index contributed by atoms with van der Waals surface area (Å²) in [5.41, 5.74) is -0.403. The maximum Gasteiger partial charge on any atom is 0.258 e. The molecule has 23 heavy (non-hydrogen) atoms. The lowest BCUT2D eigenvalue weighted by Crippen LogP contribution is -2.17. The van der Waals surface area contributed by atoms with Gasteiger partial charge in [-0.1, -0.05) is 6.92 Å². The predicted octanol–water partition coefficient (Wildman–Crippen LogP) is 3.36. The van der Waals surface area contributed by atoms with Crippen LogP contribution in [0.4, 0.5) is 24.8 Å². The van der Waals surface area contributed by atoms with Crippen molar-refractivity contribution in [3.63, 3.8) is 0 Å². The predicted molar refractivity (Wildman–Crippen MR) is 79.7 cm³/mol. The minimum Gasteiger partial charge on any atom is -0.352 e. The minimum absolute atomic E-state index is 0.0591. The molecule has 1 aromatic heterocycles. The van der Waals surface area contributed by atoms with Gasteiger partial charge in [0.25, 0.3) is 5.91 Å². The Kier molecular flexibility index (Phi) is 5.15. The van der Waals surface area contributed by atoms with Crippen molar-refractivity contribution in [1.29, 1.82) is 0 Å². The van der Waals surface area contributed by atoms with Crippen LogP contribution in [0.3, 0.4) is 0 Å². The highest BCUT2D eigenvalue weighted by atomic mass is 19.2. The van der Waals surface area contributed by atoms with Gasteiger partial charge in [0, 0.05) is 18.4 Å². The fourth-order valence-electron chi connectivity index (χ4n) is 1.66. The fourth-order valence-corrected chi connectivity index (χ4v) is 1.66. The van der Waals surface area contributed by atoms with Gasteiger partial charge >= 0.3 is 0 Å². The molecule has 1 aromatic carbocycles. The Hall–Kier alpha value is -2.64. The van der Waals surface area contributed by atoms with Gasteiger partial charge in [-0.15, -0.1) is 0 Å². The third-order valence-electron chi connectivity index (χ3n) is 3.19. The molecule has 0 bridgehead atoms. The molecule has 0 spiro atoms. The van der Waals surface area contributed by atoms with Gasteiger partial charge in [-0.3, -0.25) is 4.79 Å². The molecule has 0 radical (unpaired) electrons. The van der Waals surface area contributed by atoms with Gasteiger partial charge in [0.05, 0.1) is 11.3 Å². The van der Waals surface area contributed by atoms with Crippen molar-refractivity contribution in [2.24, 2.45) is 0 Å². The molecule has 2 rings (SSSR count). The van der Waals surface area contributed by atoms with E-state index in [1.165, 1.54) is 12.4 Å². The first kappa shape index (κ1) is 16.7. The van der Waals surface area contributed by atoms with Crippen LogP contribution in [0.1, 0.15) is 30.6 Å². The number of hydrogen-bond acceptors (Lipinski definition) is 4. The van der Waals surface area contributed by atoms with Crippen LogP contribution >= 0.6 is 0 Å². The summed E-state index contributed by atoms with van der Waals surface area (Å²) < 4.78 is 39.5. The Morgan fingerprint density at radius 3 is 2.43 bits per heavy atom. The Morgan fingerprint density at radius 2 is 1.83 bits per heavy atom. The van der Waals surface area contributed by atoms with Crippen LogP contribution in [0.25, 0.3) is 0 Å². The second-order valence-electron chi connectivity index (χ2n) is 4.93. The summed E-state index contributed by atoms with van der Waals surface area (Å²) in [6, 6.07) is 1.83. The summed E-state index contributed by atoms with van der Waals surface area (Å²) in [6.45, 7) is 3.95. The Morgan fingerprint density at radius 1 is 1.17 bits per heavy atom. The topological polar surface area (TPSA) is 66.9 Å². The molecule has 122 valence electrons. The average Bonchev–Trinajstić information content (AvgIpc) is 2.55. The van der Waals surface area contributed by atoms with E-state index < -0.39 is 29.0 Å². The molecule has 5 nitrogen and oxygen atoms in total. The van der Waals surface area contributed by atoms with Crippen molar-refractivity contribution in [2.45, 2.75) is 26.3 Å². The summed E-state index contributed by atoms with van der Waals surface area (Å²) >= 11 is 0. The summed E-state index contributed by atoms with van der Waals surface area (Å²) in [4.78, 5) is 19.9. The smallest absolute Gasteiger partial charge is 0.258 e. The van der Waals surface area contributed by atoms with Gasteiger partial charge in [0.2, 0.25) is 5.95 Å². The minimum atomic E-state index is -1.65. The Bertz CT molecular complexity index is 707. The van der Waals surface area contributed by atoms with Crippen LogP contribution in [-0.2, 0) is 0 Å². The molecule has 1 unspecified atom stereocenters. The first-order chi connectivity index (χ1) is 10.9. The maximum atomic E-state index is 13.5. The third kappa shape index (κ3) is 3.97. The molecule has 0 saturated carbocycles. The molecule has 8 heteroatoms. The lowest BCUT2D eigenvalue weighted by Gasteiger charge is -2.11. The van der Waals surface area contributed by atoms with Crippen LogP contribution in [0.2, 0.25) is 0 Å². The zero-order valence-electron chi connectivity index (χ0n) is 12.5. The largest absolute Gasteiger partial charge is 0.352 e. The molecular weight excluding hydrogens is 309 g/mol. The fraction of sp³-hybridized carbons (Fsp3) is 0.267. The number of nitrogens with one attached hydrogen (secondary N) is 2. The van der Waals surface area contributed by atoms with E-state index in [9.17, 15) is 18.0 Å². The number of nitrogens with zero attached hydrogens (tertiary/aromatic N) is 2. The number of carbonyl (C=O) groups is 1. The molecule has 2 aromatic rings. The number of halogens is 3. The van der Waals surface area contributed by atoms with Gasteiger partial charge in [-0.2, -0.15) is 0 Å². The highest BCUT2D eigenvalue weighted by molar-refractivity contribution is 6.03. The van der Waals surface area contributed by atoms with Crippen LogP contribution in [-0.4, -0.2) is 21.9 Å². The van der Waals surface area contributed by atoms with Crippen LogP contribution in [0.5, 0.6) is 0 Å². The van der Waals surface area contributed by atoms with E-state index in [0.29, 0.717) is 5.95 Å². The second-order valence-corrected chi connectivity index (χ2v) is 4.93. The standard InChI is InChI=1S/C15H15F3N4O/c1-3-8(2)21-15-19-6-9(7-20-15)14(23)22-11-5-4-10(16)12(17)13(11)18/h4-8H,3H2,1-2H3,(H,22,23)(H,19,20,21). The van der Waals surface area contributed by atoms with E-state index in [2.05, 4.69) is 20.6 Å².